The molecule has 0 bridgehead atoms. The Morgan fingerprint density at radius 3 is 3.00 bits per heavy atom. The topological polar surface area (TPSA) is 49.8 Å². The van der Waals surface area contributed by atoms with Gasteiger partial charge in [0.25, 0.3) is 0 Å². The summed E-state index contributed by atoms with van der Waals surface area (Å²) in [5.41, 5.74) is 0.673. The van der Waals surface area contributed by atoms with E-state index in [4.69, 9.17) is 4.74 Å². The summed E-state index contributed by atoms with van der Waals surface area (Å²) >= 11 is 0. The predicted octanol–water partition coefficient (Wildman–Crippen LogP) is 2.13. The first kappa shape index (κ1) is 9.83. The molecule has 80 valence electrons. The summed E-state index contributed by atoms with van der Waals surface area (Å²) in [6.07, 6.45) is 0.437. The number of phenolic OH excluding ortho intramolecular Hbond substituents is 1. The van der Waals surface area contributed by atoms with E-state index in [-0.39, 0.29) is 17.9 Å². The lowest BCUT2D eigenvalue weighted by Gasteiger charge is -2.30. The smallest absolute Gasteiger partial charge is 0.414 e. The van der Waals surface area contributed by atoms with Crippen molar-refractivity contribution in [1.82, 2.24) is 0 Å². The first-order chi connectivity index (χ1) is 7.16. The molecule has 1 aliphatic heterocycles. The highest BCUT2D eigenvalue weighted by Gasteiger charge is 2.25. The third-order valence-electron chi connectivity index (χ3n) is 2.42. The van der Waals surface area contributed by atoms with Crippen LogP contribution < -0.4 is 4.90 Å². The number of carbonyl (C=O) groups excluding carboxylic acids is 1. The number of anilines is 1. The Hall–Kier alpha value is -1.71. The normalized spacial score (nSPS) is 21.3. The molecule has 1 saturated heterocycles. The minimum absolute atomic E-state index is 0.0222. The van der Waals surface area contributed by atoms with Gasteiger partial charge in [0, 0.05) is 19.0 Å². The van der Waals surface area contributed by atoms with Crippen molar-refractivity contribution < 1.29 is 14.6 Å². The Morgan fingerprint density at radius 1 is 1.53 bits per heavy atom. The molecule has 0 aromatic heterocycles. The summed E-state index contributed by atoms with van der Waals surface area (Å²) in [5, 5.41) is 9.30. The molecule has 1 aliphatic rings. The number of ether oxygens (including phenoxy) is 1. The highest BCUT2D eigenvalue weighted by atomic mass is 16.6. The van der Waals surface area contributed by atoms with Gasteiger partial charge in [0.2, 0.25) is 0 Å². The molecule has 1 aromatic rings. The fourth-order valence-electron chi connectivity index (χ4n) is 1.59. The van der Waals surface area contributed by atoms with E-state index in [1.807, 2.05) is 6.92 Å². The number of hydrogen-bond donors (Lipinski definition) is 1. The SMILES string of the molecule is CC1CCN(c2cccc(O)c2)C(=O)O1. The fraction of sp³-hybridized carbons (Fsp3) is 0.364. The van der Waals surface area contributed by atoms with Crippen LogP contribution in [0.4, 0.5) is 10.5 Å². The fourth-order valence-corrected chi connectivity index (χ4v) is 1.59. The summed E-state index contributed by atoms with van der Waals surface area (Å²) in [6, 6.07) is 6.60. The van der Waals surface area contributed by atoms with E-state index in [0.29, 0.717) is 12.2 Å². The average molecular weight is 207 g/mol. The molecule has 15 heavy (non-hydrogen) atoms. The van der Waals surface area contributed by atoms with Crippen molar-refractivity contribution >= 4 is 11.8 Å². The molecule has 1 fully saturated rings. The van der Waals surface area contributed by atoms with Crippen LogP contribution in [0.15, 0.2) is 24.3 Å². The molecule has 1 unspecified atom stereocenters. The van der Waals surface area contributed by atoms with Crippen LogP contribution in [0.5, 0.6) is 5.75 Å². The Balaban J connectivity index is 2.20. The van der Waals surface area contributed by atoms with Crippen molar-refractivity contribution in [2.45, 2.75) is 19.4 Å². The lowest BCUT2D eigenvalue weighted by Crippen LogP contribution is -2.41. The second-order valence-electron chi connectivity index (χ2n) is 3.65. The molecule has 0 radical (unpaired) electrons. The summed E-state index contributed by atoms with van der Waals surface area (Å²) in [5.74, 6) is 0.152. The van der Waals surface area contributed by atoms with E-state index in [9.17, 15) is 9.90 Å². The van der Waals surface area contributed by atoms with Crippen molar-refractivity contribution in [1.29, 1.82) is 0 Å². The number of phenols is 1. The van der Waals surface area contributed by atoms with Gasteiger partial charge in [0.1, 0.15) is 11.9 Å². The zero-order valence-electron chi connectivity index (χ0n) is 8.51. The van der Waals surface area contributed by atoms with Gasteiger partial charge in [-0.15, -0.1) is 0 Å². The Morgan fingerprint density at radius 2 is 2.33 bits per heavy atom. The van der Waals surface area contributed by atoms with Crippen molar-refractivity contribution in [3.8, 4) is 5.75 Å². The van der Waals surface area contributed by atoms with E-state index in [2.05, 4.69) is 0 Å². The summed E-state index contributed by atoms with van der Waals surface area (Å²) < 4.78 is 5.10. The van der Waals surface area contributed by atoms with Gasteiger partial charge in [-0.3, -0.25) is 4.90 Å². The summed E-state index contributed by atoms with van der Waals surface area (Å²) in [7, 11) is 0. The van der Waals surface area contributed by atoms with Crippen molar-refractivity contribution in [2.24, 2.45) is 0 Å². The second-order valence-corrected chi connectivity index (χ2v) is 3.65. The highest BCUT2D eigenvalue weighted by Crippen LogP contribution is 2.24. The number of benzene rings is 1. The Bertz CT molecular complexity index is 378. The van der Waals surface area contributed by atoms with Gasteiger partial charge in [0.05, 0.1) is 5.69 Å². The van der Waals surface area contributed by atoms with Crippen molar-refractivity contribution in [3.63, 3.8) is 0 Å². The first-order valence-corrected chi connectivity index (χ1v) is 4.94. The standard InChI is InChI=1S/C11H13NO3/c1-8-5-6-12(11(14)15-8)9-3-2-4-10(13)7-9/h2-4,7-8,13H,5-6H2,1H3. The maximum Gasteiger partial charge on any atom is 0.414 e. The molecule has 4 nitrogen and oxygen atoms in total. The zero-order chi connectivity index (χ0) is 10.8. The number of nitrogens with zero attached hydrogens (tertiary/aromatic N) is 1. The van der Waals surface area contributed by atoms with Gasteiger partial charge in [-0.2, -0.15) is 0 Å². The molecule has 1 aromatic carbocycles. The van der Waals surface area contributed by atoms with Gasteiger partial charge < -0.3 is 9.84 Å². The lowest BCUT2D eigenvalue weighted by atomic mass is 10.2. The minimum Gasteiger partial charge on any atom is -0.508 e. The van der Waals surface area contributed by atoms with Crippen LogP contribution >= 0.6 is 0 Å². The van der Waals surface area contributed by atoms with Crippen molar-refractivity contribution in [2.75, 3.05) is 11.4 Å². The van der Waals surface area contributed by atoms with E-state index < -0.39 is 0 Å². The van der Waals surface area contributed by atoms with Gasteiger partial charge in [-0.25, -0.2) is 4.79 Å². The molecule has 0 saturated carbocycles. The number of carbonyl (C=O) groups is 1. The van der Waals surface area contributed by atoms with Crippen LogP contribution in [0.25, 0.3) is 0 Å². The maximum atomic E-state index is 11.5. The van der Waals surface area contributed by atoms with E-state index in [0.717, 1.165) is 6.42 Å². The largest absolute Gasteiger partial charge is 0.508 e. The third kappa shape index (κ3) is 2.03. The molecule has 0 aliphatic carbocycles. The average Bonchev–Trinajstić information content (AvgIpc) is 2.17. The van der Waals surface area contributed by atoms with Crippen LogP contribution in [0.1, 0.15) is 13.3 Å². The number of amides is 1. The number of aromatic hydroxyl groups is 1. The van der Waals surface area contributed by atoms with E-state index in [1.165, 1.54) is 4.90 Å². The second kappa shape index (κ2) is 3.81. The molecule has 2 rings (SSSR count). The molecule has 0 spiro atoms. The van der Waals surface area contributed by atoms with Gasteiger partial charge >= 0.3 is 6.09 Å². The monoisotopic (exact) mass is 207 g/mol. The van der Waals surface area contributed by atoms with Gasteiger partial charge in [-0.1, -0.05) is 6.07 Å². The van der Waals surface area contributed by atoms with Crippen LogP contribution in [0.3, 0.4) is 0 Å². The Kier molecular flexibility index (Phi) is 2.49. The maximum absolute atomic E-state index is 11.5. The third-order valence-corrected chi connectivity index (χ3v) is 2.42. The number of cyclic esters (lactones) is 1. The summed E-state index contributed by atoms with van der Waals surface area (Å²) in [6.45, 7) is 2.50. The van der Waals surface area contributed by atoms with E-state index in [1.54, 1.807) is 24.3 Å². The number of hydrogen-bond acceptors (Lipinski definition) is 3. The zero-order valence-corrected chi connectivity index (χ0v) is 8.51. The summed E-state index contributed by atoms with van der Waals surface area (Å²) in [4.78, 5) is 13.1. The first-order valence-electron chi connectivity index (χ1n) is 4.94. The quantitative estimate of drug-likeness (QED) is 0.767. The number of rotatable bonds is 1. The van der Waals surface area contributed by atoms with Crippen LogP contribution in [0, 0.1) is 0 Å². The van der Waals surface area contributed by atoms with E-state index >= 15 is 0 Å². The van der Waals surface area contributed by atoms with Crippen molar-refractivity contribution in [3.05, 3.63) is 24.3 Å². The van der Waals surface area contributed by atoms with Crippen LogP contribution in [-0.4, -0.2) is 23.8 Å². The Labute approximate surface area is 88.1 Å². The van der Waals surface area contributed by atoms with Crippen LogP contribution in [-0.2, 0) is 4.74 Å². The molecular weight excluding hydrogens is 194 g/mol. The predicted molar refractivity (Wildman–Crippen MR) is 56.0 cm³/mol. The molecule has 1 N–H and O–H groups in total. The van der Waals surface area contributed by atoms with Gasteiger partial charge in [-0.05, 0) is 19.1 Å². The molecule has 1 heterocycles. The molecule has 1 atom stereocenters. The molecule has 1 amide bonds. The minimum atomic E-state index is -0.348. The van der Waals surface area contributed by atoms with Gasteiger partial charge in [0.15, 0.2) is 0 Å². The lowest BCUT2D eigenvalue weighted by molar-refractivity contribution is 0.0944. The highest BCUT2D eigenvalue weighted by molar-refractivity contribution is 5.88. The molecular formula is C11H13NO3. The van der Waals surface area contributed by atoms with Crippen LogP contribution in [0.2, 0.25) is 0 Å². The molecule has 4 heteroatoms.